The molecule has 0 amide bonds. The van der Waals surface area contributed by atoms with Gasteiger partial charge in [0.05, 0.1) is 22.9 Å². The normalized spacial score (nSPS) is 11.1. The second-order valence-corrected chi connectivity index (χ2v) is 4.18. The second-order valence-electron chi connectivity index (χ2n) is 3.43. The van der Waals surface area contributed by atoms with E-state index in [1.807, 2.05) is 18.2 Å². The van der Waals surface area contributed by atoms with Crippen LogP contribution in [0.5, 0.6) is 0 Å². The molecule has 3 aromatic rings. The first-order valence-electron chi connectivity index (χ1n) is 4.65. The SMILES string of the molecule is O=c1[nH]c2ccc(-c3cnc(Br)[nH]3)cc2[nH]1. The van der Waals surface area contributed by atoms with Crippen LogP contribution >= 0.6 is 15.9 Å². The number of benzene rings is 1. The van der Waals surface area contributed by atoms with Gasteiger partial charge in [0.1, 0.15) is 0 Å². The standard InChI is InChI=1S/C10H7BrN4O/c11-9-12-4-8(13-9)5-1-2-6-7(3-5)15-10(16)14-6/h1-4H,(H,12,13)(H2,14,15,16). The number of halogens is 1. The number of hydrogen-bond donors (Lipinski definition) is 3. The Morgan fingerprint density at radius 2 is 1.94 bits per heavy atom. The summed E-state index contributed by atoms with van der Waals surface area (Å²) in [6.07, 6.45) is 1.73. The number of imidazole rings is 2. The molecule has 0 fully saturated rings. The van der Waals surface area contributed by atoms with Gasteiger partial charge in [0.15, 0.2) is 4.73 Å². The molecule has 6 heteroatoms. The molecule has 2 aromatic heterocycles. The first-order valence-corrected chi connectivity index (χ1v) is 5.44. The summed E-state index contributed by atoms with van der Waals surface area (Å²) < 4.78 is 0.685. The summed E-state index contributed by atoms with van der Waals surface area (Å²) >= 11 is 3.25. The molecule has 5 nitrogen and oxygen atoms in total. The van der Waals surface area contributed by atoms with Gasteiger partial charge in [0, 0.05) is 5.56 Å². The van der Waals surface area contributed by atoms with E-state index in [4.69, 9.17) is 0 Å². The molecule has 2 heterocycles. The smallest absolute Gasteiger partial charge is 0.323 e. The van der Waals surface area contributed by atoms with E-state index >= 15 is 0 Å². The van der Waals surface area contributed by atoms with Gasteiger partial charge in [-0.2, -0.15) is 0 Å². The van der Waals surface area contributed by atoms with Gasteiger partial charge in [-0.1, -0.05) is 6.07 Å². The molecule has 0 saturated heterocycles. The molecule has 3 N–H and O–H groups in total. The highest BCUT2D eigenvalue weighted by molar-refractivity contribution is 9.10. The number of H-pyrrole nitrogens is 3. The van der Waals surface area contributed by atoms with Gasteiger partial charge in [-0.3, -0.25) is 0 Å². The number of nitrogens with zero attached hydrogens (tertiary/aromatic N) is 1. The molecule has 0 bridgehead atoms. The molecular formula is C10H7BrN4O. The number of fused-ring (bicyclic) bond motifs is 1. The minimum atomic E-state index is -0.196. The maximum absolute atomic E-state index is 11.1. The van der Waals surface area contributed by atoms with Crippen molar-refractivity contribution in [3.63, 3.8) is 0 Å². The van der Waals surface area contributed by atoms with Gasteiger partial charge in [-0.25, -0.2) is 9.78 Å². The molecule has 0 aliphatic heterocycles. The molecule has 0 atom stereocenters. The van der Waals surface area contributed by atoms with Crippen LogP contribution in [0, 0.1) is 0 Å². The fourth-order valence-electron chi connectivity index (χ4n) is 1.64. The van der Waals surface area contributed by atoms with Crippen LogP contribution < -0.4 is 5.69 Å². The molecule has 0 unspecified atom stereocenters. The van der Waals surface area contributed by atoms with Crippen LogP contribution in [0.3, 0.4) is 0 Å². The zero-order valence-electron chi connectivity index (χ0n) is 8.04. The summed E-state index contributed by atoms with van der Waals surface area (Å²) in [5.74, 6) is 0. The monoisotopic (exact) mass is 278 g/mol. The van der Waals surface area contributed by atoms with Crippen LogP contribution in [0.1, 0.15) is 0 Å². The molecule has 1 aromatic carbocycles. The maximum Gasteiger partial charge on any atom is 0.323 e. The van der Waals surface area contributed by atoms with Crippen molar-refractivity contribution in [2.75, 3.05) is 0 Å². The largest absolute Gasteiger partial charge is 0.333 e. The maximum atomic E-state index is 11.1. The molecule has 0 aliphatic rings. The Hall–Kier alpha value is -1.82. The lowest BCUT2D eigenvalue weighted by Crippen LogP contribution is -1.99. The number of rotatable bonds is 1. The van der Waals surface area contributed by atoms with Crippen molar-refractivity contribution >= 4 is 27.0 Å². The highest BCUT2D eigenvalue weighted by Crippen LogP contribution is 2.21. The fourth-order valence-corrected chi connectivity index (χ4v) is 1.96. The lowest BCUT2D eigenvalue weighted by molar-refractivity contribution is 1.21. The second kappa shape index (κ2) is 3.34. The van der Waals surface area contributed by atoms with E-state index in [9.17, 15) is 4.79 Å². The highest BCUT2D eigenvalue weighted by Gasteiger charge is 2.04. The van der Waals surface area contributed by atoms with Crippen LogP contribution in [-0.4, -0.2) is 19.9 Å². The predicted molar refractivity (Wildman–Crippen MR) is 64.2 cm³/mol. The summed E-state index contributed by atoms with van der Waals surface area (Å²) in [4.78, 5) is 23.6. The Labute approximate surface area is 98.1 Å². The van der Waals surface area contributed by atoms with E-state index in [1.165, 1.54) is 0 Å². The van der Waals surface area contributed by atoms with Gasteiger partial charge in [-0.15, -0.1) is 0 Å². The lowest BCUT2D eigenvalue weighted by atomic mass is 10.1. The average Bonchev–Trinajstić information content (AvgIpc) is 2.81. The van der Waals surface area contributed by atoms with E-state index in [1.54, 1.807) is 6.20 Å². The summed E-state index contributed by atoms with van der Waals surface area (Å²) in [7, 11) is 0. The van der Waals surface area contributed by atoms with E-state index in [0.717, 1.165) is 22.3 Å². The zero-order chi connectivity index (χ0) is 11.1. The predicted octanol–water partition coefficient (Wildman–Crippen LogP) is 2.01. The minimum Gasteiger partial charge on any atom is -0.333 e. The Balaban J connectivity index is 2.21. The number of aromatic nitrogens is 4. The third kappa shape index (κ3) is 1.47. The molecule has 0 saturated carbocycles. The van der Waals surface area contributed by atoms with Crippen molar-refractivity contribution in [3.8, 4) is 11.3 Å². The lowest BCUT2D eigenvalue weighted by Gasteiger charge is -1.96. The van der Waals surface area contributed by atoms with E-state index in [2.05, 4.69) is 35.9 Å². The number of aromatic amines is 3. The molecule has 0 spiro atoms. The van der Waals surface area contributed by atoms with Crippen molar-refractivity contribution < 1.29 is 0 Å². The Kier molecular flexibility index (Phi) is 1.97. The van der Waals surface area contributed by atoms with E-state index in [-0.39, 0.29) is 5.69 Å². The Morgan fingerprint density at radius 1 is 1.12 bits per heavy atom. The third-order valence-corrected chi connectivity index (χ3v) is 2.77. The van der Waals surface area contributed by atoms with Gasteiger partial charge >= 0.3 is 5.69 Å². The Morgan fingerprint density at radius 3 is 2.69 bits per heavy atom. The van der Waals surface area contributed by atoms with Crippen LogP contribution in [-0.2, 0) is 0 Å². The van der Waals surface area contributed by atoms with Gasteiger partial charge < -0.3 is 15.0 Å². The topological polar surface area (TPSA) is 77.3 Å². The van der Waals surface area contributed by atoms with Crippen molar-refractivity contribution in [1.29, 1.82) is 0 Å². The fraction of sp³-hybridized carbons (Fsp3) is 0. The van der Waals surface area contributed by atoms with Crippen molar-refractivity contribution in [1.82, 2.24) is 19.9 Å². The molecule has 3 rings (SSSR count). The van der Waals surface area contributed by atoms with Crippen molar-refractivity contribution in [2.45, 2.75) is 0 Å². The van der Waals surface area contributed by atoms with Crippen molar-refractivity contribution in [3.05, 3.63) is 39.6 Å². The zero-order valence-corrected chi connectivity index (χ0v) is 9.63. The summed E-state index contributed by atoms with van der Waals surface area (Å²) in [5.41, 5.74) is 3.26. The van der Waals surface area contributed by atoms with Gasteiger partial charge in [0.2, 0.25) is 0 Å². The summed E-state index contributed by atoms with van der Waals surface area (Å²) in [6, 6.07) is 5.68. The third-order valence-electron chi connectivity index (χ3n) is 2.37. The summed E-state index contributed by atoms with van der Waals surface area (Å²) in [5, 5.41) is 0. The molecule has 16 heavy (non-hydrogen) atoms. The number of hydrogen-bond acceptors (Lipinski definition) is 2. The van der Waals surface area contributed by atoms with Crippen LogP contribution in [0.4, 0.5) is 0 Å². The number of nitrogens with one attached hydrogen (secondary N) is 3. The molecule has 0 aliphatic carbocycles. The van der Waals surface area contributed by atoms with Crippen LogP contribution in [0.25, 0.3) is 22.3 Å². The average molecular weight is 279 g/mol. The highest BCUT2D eigenvalue weighted by atomic mass is 79.9. The molecule has 80 valence electrons. The Bertz CT molecular complexity index is 709. The van der Waals surface area contributed by atoms with E-state index < -0.39 is 0 Å². The first-order chi connectivity index (χ1) is 7.72. The van der Waals surface area contributed by atoms with E-state index in [0.29, 0.717) is 4.73 Å². The van der Waals surface area contributed by atoms with Crippen LogP contribution in [0.2, 0.25) is 0 Å². The minimum absolute atomic E-state index is 0.196. The van der Waals surface area contributed by atoms with Gasteiger partial charge in [0.25, 0.3) is 0 Å². The molecular weight excluding hydrogens is 272 g/mol. The summed E-state index contributed by atoms with van der Waals surface area (Å²) in [6.45, 7) is 0. The van der Waals surface area contributed by atoms with Crippen LogP contribution in [0.15, 0.2) is 33.9 Å². The quantitative estimate of drug-likeness (QED) is 0.637. The van der Waals surface area contributed by atoms with Crippen molar-refractivity contribution in [2.24, 2.45) is 0 Å². The molecule has 0 radical (unpaired) electrons. The first kappa shape index (κ1) is 9.41. The van der Waals surface area contributed by atoms with Gasteiger partial charge in [-0.05, 0) is 28.1 Å².